The molecular formula is C15H13F2NO2S2. The van der Waals surface area contributed by atoms with E-state index in [-0.39, 0.29) is 4.90 Å². The fourth-order valence-electron chi connectivity index (χ4n) is 2.38. The van der Waals surface area contributed by atoms with E-state index < -0.39 is 27.7 Å². The molecular weight excluding hydrogens is 328 g/mol. The van der Waals surface area contributed by atoms with E-state index in [1.807, 2.05) is 0 Å². The molecule has 22 heavy (non-hydrogen) atoms. The molecule has 0 saturated heterocycles. The van der Waals surface area contributed by atoms with Crippen LogP contribution >= 0.6 is 11.8 Å². The molecule has 1 N–H and O–H groups in total. The quantitative estimate of drug-likeness (QED) is 0.930. The van der Waals surface area contributed by atoms with E-state index in [1.54, 1.807) is 17.8 Å². The van der Waals surface area contributed by atoms with Crippen molar-refractivity contribution < 1.29 is 17.2 Å². The fraction of sp³-hybridized carbons (Fsp3) is 0.200. The van der Waals surface area contributed by atoms with Gasteiger partial charge in [0.25, 0.3) is 0 Å². The largest absolute Gasteiger partial charge is 0.241 e. The van der Waals surface area contributed by atoms with E-state index in [1.165, 1.54) is 30.3 Å². The Kier molecular flexibility index (Phi) is 4.20. The van der Waals surface area contributed by atoms with Crippen LogP contribution in [0.25, 0.3) is 0 Å². The Morgan fingerprint density at radius 2 is 1.86 bits per heavy atom. The highest BCUT2D eigenvalue weighted by Crippen LogP contribution is 2.37. The molecule has 0 fully saturated rings. The smallest absolute Gasteiger partial charge is 0.207 e. The zero-order valence-electron chi connectivity index (χ0n) is 11.4. The summed E-state index contributed by atoms with van der Waals surface area (Å²) in [5.41, 5.74) is 0.622. The molecule has 1 aliphatic heterocycles. The Bertz CT molecular complexity index is 809. The second kappa shape index (κ2) is 5.98. The van der Waals surface area contributed by atoms with Gasteiger partial charge in [0.05, 0.1) is 4.90 Å². The minimum atomic E-state index is -3.86. The van der Waals surface area contributed by atoms with Crippen molar-refractivity contribution >= 4 is 21.8 Å². The molecule has 3 rings (SSSR count). The molecule has 0 aromatic heterocycles. The van der Waals surface area contributed by atoms with Crippen LogP contribution in [-0.2, 0) is 10.0 Å². The summed E-state index contributed by atoms with van der Waals surface area (Å²) in [5.74, 6) is -0.292. The topological polar surface area (TPSA) is 46.2 Å². The van der Waals surface area contributed by atoms with Crippen molar-refractivity contribution in [3.63, 3.8) is 0 Å². The van der Waals surface area contributed by atoms with Crippen molar-refractivity contribution in [1.29, 1.82) is 0 Å². The standard InChI is InChI=1S/C15H13F2NO2S2/c16-10-2-1-3-12(8-10)22(19,20)18-14-6-7-21-15-5-4-11(17)9-13(14)15/h1-5,8-9,14,18H,6-7H2/t14-/m1/s1. The Hall–Kier alpha value is -1.44. The van der Waals surface area contributed by atoms with Gasteiger partial charge in [-0.15, -0.1) is 11.8 Å². The molecule has 0 spiro atoms. The SMILES string of the molecule is O=S(=O)(N[C@@H]1CCSc2ccc(F)cc21)c1cccc(F)c1. The molecule has 2 aromatic carbocycles. The lowest BCUT2D eigenvalue weighted by atomic mass is 10.0. The summed E-state index contributed by atoms with van der Waals surface area (Å²) in [6, 6.07) is 8.66. The summed E-state index contributed by atoms with van der Waals surface area (Å²) in [7, 11) is -3.86. The molecule has 0 aliphatic carbocycles. The Labute approximate surface area is 131 Å². The van der Waals surface area contributed by atoms with Crippen molar-refractivity contribution in [2.45, 2.75) is 22.3 Å². The minimum Gasteiger partial charge on any atom is -0.207 e. The van der Waals surface area contributed by atoms with Gasteiger partial charge in [-0.05, 0) is 54.1 Å². The molecule has 0 saturated carbocycles. The van der Waals surface area contributed by atoms with E-state index in [0.717, 1.165) is 16.7 Å². The van der Waals surface area contributed by atoms with Gasteiger partial charge in [0.2, 0.25) is 10.0 Å². The average Bonchev–Trinajstić information content (AvgIpc) is 2.48. The maximum absolute atomic E-state index is 13.4. The normalized spacial score (nSPS) is 18.0. The van der Waals surface area contributed by atoms with Crippen LogP contribution < -0.4 is 4.72 Å². The molecule has 1 atom stereocenters. The summed E-state index contributed by atoms with van der Waals surface area (Å²) in [6.45, 7) is 0. The number of benzene rings is 2. The van der Waals surface area contributed by atoms with E-state index in [9.17, 15) is 17.2 Å². The highest BCUT2D eigenvalue weighted by Gasteiger charge is 2.26. The minimum absolute atomic E-state index is 0.135. The first-order valence-electron chi connectivity index (χ1n) is 6.66. The van der Waals surface area contributed by atoms with Crippen molar-refractivity contribution in [3.8, 4) is 0 Å². The summed E-state index contributed by atoms with van der Waals surface area (Å²) in [4.78, 5) is 0.725. The summed E-state index contributed by atoms with van der Waals surface area (Å²) >= 11 is 1.56. The molecule has 0 radical (unpaired) electrons. The van der Waals surface area contributed by atoms with E-state index in [4.69, 9.17) is 0 Å². The molecule has 1 heterocycles. The van der Waals surface area contributed by atoms with Gasteiger partial charge in [0, 0.05) is 10.9 Å². The number of sulfonamides is 1. The van der Waals surface area contributed by atoms with Gasteiger partial charge in [0.1, 0.15) is 11.6 Å². The lowest BCUT2D eigenvalue weighted by molar-refractivity contribution is 0.540. The predicted molar refractivity (Wildman–Crippen MR) is 81.2 cm³/mol. The molecule has 116 valence electrons. The number of halogens is 2. The molecule has 0 amide bonds. The second-order valence-electron chi connectivity index (χ2n) is 4.95. The van der Waals surface area contributed by atoms with Crippen molar-refractivity contribution in [1.82, 2.24) is 4.72 Å². The maximum atomic E-state index is 13.4. The van der Waals surface area contributed by atoms with E-state index in [2.05, 4.69) is 4.72 Å². The first kappa shape index (κ1) is 15.5. The Morgan fingerprint density at radius 1 is 1.09 bits per heavy atom. The maximum Gasteiger partial charge on any atom is 0.241 e. The highest BCUT2D eigenvalue weighted by molar-refractivity contribution is 7.99. The van der Waals surface area contributed by atoms with Crippen LogP contribution in [0.2, 0.25) is 0 Å². The van der Waals surface area contributed by atoms with Crippen molar-refractivity contribution in [2.75, 3.05) is 5.75 Å². The molecule has 1 aliphatic rings. The zero-order chi connectivity index (χ0) is 15.7. The fourth-order valence-corrected chi connectivity index (χ4v) is 4.76. The molecule has 0 unspecified atom stereocenters. The molecule has 0 bridgehead atoms. The number of thioether (sulfide) groups is 1. The number of nitrogens with one attached hydrogen (secondary N) is 1. The third-order valence-electron chi connectivity index (χ3n) is 3.42. The van der Waals surface area contributed by atoms with Gasteiger partial charge in [-0.1, -0.05) is 6.07 Å². The molecule has 7 heteroatoms. The van der Waals surface area contributed by atoms with Crippen LogP contribution in [0.4, 0.5) is 8.78 Å². The van der Waals surface area contributed by atoms with Crippen LogP contribution in [0.1, 0.15) is 18.0 Å². The summed E-state index contributed by atoms with van der Waals surface area (Å²) in [5, 5.41) is 0. The summed E-state index contributed by atoms with van der Waals surface area (Å²) < 4.78 is 53.9. The third kappa shape index (κ3) is 3.16. The van der Waals surface area contributed by atoms with Crippen molar-refractivity contribution in [3.05, 3.63) is 59.7 Å². The van der Waals surface area contributed by atoms with Crippen molar-refractivity contribution in [2.24, 2.45) is 0 Å². The van der Waals surface area contributed by atoms with Crippen LogP contribution in [-0.4, -0.2) is 14.2 Å². The highest BCUT2D eigenvalue weighted by atomic mass is 32.2. The second-order valence-corrected chi connectivity index (χ2v) is 7.80. The first-order chi connectivity index (χ1) is 10.5. The Morgan fingerprint density at radius 3 is 2.64 bits per heavy atom. The number of fused-ring (bicyclic) bond motifs is 1. The van der Waals surface area contributed by atoms with Crippen LogP contribution in [0.15, 0.2) is 52.3 Å². The molecule has 3 nitrogen and oxygen atoms in total. The number of hydrogen-bond donors (Lipinski definition) is 1. The lowest BCUT2D eigenvalue weighted by Gasteiger charge is -2.25. The van der Waals surface area contributed by atoms with Gasteiger partial charge in [-0.2, -0.15) is 0 Å². The lowest BCUT2D eigenvalue weighted by Crippen LogP contribution is -2.30. The van der Waals surface area contributed by atoms with E-state index >= 15 is 0 Å². The number of rotatable bonds is 3. The number of hydrogen-bond acceptors (Lipinski definition) is 3. The van der Waals surface area contributed by atoms with Crippen LogP contribution in [0.3, 0.4) is 0 Å². The third-order valence-corrected chi connectivity index (χ3v) is 6.01. The monoisotopic (exact) mass is 341 g/mol. The van der Waals surface area contributed by atoms with Crippen LogP contribution in [0, 0.1) is 11.6 Å². The Balaban J connectivity index is 1.93. The van der Waals surface area contributed by atoms with Gasteiger partial charge in [-0.3, -0.25) is 0 Å². The van der Waals surface area contributed by atoms with Gasteiger partial charge in [0.15, 0.2) is 0 Å². The molecule has 2 aromatic rings. The first-order valence-corrected chi connectivity index (χ1v) is 9.13. The summed E-state index contributed by atoms with van der Waals surface area (Å²) in [6.07, 6.45) is 0.551. The van der Waals surface area contributed by atoms with Gasteiger partial charge in [-0.25, -0.2) is 21.9 Å². The van der Waals surface area contributed by atoms with Crippen LogP contribution in [0.5, 0.6) is 0 Å². The van der Waals surface area contributed by atoms with Gasteiger partial charge >= 0.3 is 0 Å². The average molecular weight is 341 g/mol. The predicted octanol–water partition coefficient (Wildman–Crippen LogP) is 3.48. The van der Waals surface area contributed by atoms with E-state index in [0.29, 0.717) is 12.0 Å². The van der Waals surface area contributed by atoms with Gasteiger partial charge < -0.3 is 0 Å². The zero-order valence-corrected chi connectivity index (χ0v) is 13.1.